The molecule has 1 aromatic carbocycles. The van der Waals surface area contributed by atoms with Crippen LogP contribution in [0.2, 0.25) is 0 Å². The number of nitrogens with one attached hydrogen (secondary N) is 2. The predicted molar refractivity (Wildman–Crippen MR) is 124 cm³/mol. The molecule has 0 saturated carbocycles. The largest absolute Gasteiger partial charge is 0.384 e. The third kappa shape index (κ3) is 4.56. The lowest BCUT2D eigenvalue weighted by molar-refractivity contribution is -0.157. The van der Waals surface area contributed by atoms with Crippen molar-refractivity contribution >= 4 is 17.6 Å². The molecule has 32 heavy (non-hydrogen) atoms. The van der Waals surface area contributed by atoms with Gasteiger partial charge < -0.3 is 26.4 Å². The highest BCUT2D eigenvalue weighted by molar-refractivity contribution is 5.95. The Bertz CT molecular complexity index is 899. The number of benzene rings is 1. The van der Waals surface area contributed by atoms with E-state index in [2.05, 4.69) is 18.8 Å². The average molecular weight is 442 g/mol. The molecule has 3 rings (SSSR count). The smallest absolute Gasteiger partial charge is 0.244 e. The lowest BCUT2D eigenvalue weighted by Crippen LogP contribution is -2.68. The van der Waals surface area contributed by atoms with Gasteiger partial charge in [0.2, 0.25) is 11.8 Å². The zero-order valence-corrected chi connectivity index (χ0v) is 19.2. The van der Waals surface area contributed by atoms with Crippen molar-refractivity contribution in [1.29, 1.82) is 5.41 Å². The molecule has 8 nitrogen and oxygen atoms in total. The number of hydrogen-bond donors (Lipinski definition) is 4. The standard InChI is InChI=1S/C24H35N5O3/c1-5-16-10-18(22(30)28-13-15-6-8-17(9-7-15)21(25)26)29-20(16)19(32-4)12-24(27,23(29)31)11-14(2)3/h6-9,16,18-20H,2,5,10-13,27H2,1,3-4H3,(H3,25,26)(H,28,30)/t16-,18?,19+,20+,24+/m1/s1. The molecular weight excluding hydrogens is 406 g/mol. The summed E-state index contributed by atoms with van der Waals surface area (Å²) in [5.41, 5.74) is 13.3. The van der Waals surface area contributed by atoms with E-state index in [1.165, 1.54) is 0 Å². The van der Waals surface area contributed by atoms with Gasteiger partial charge in [0.15, 0.2) is 0 Å². The van der Waals surface area contributed by atoms with Crippen molar-refractivity contribution in [3.05, 3.63) is 47.5 Å². The summed E-state index contributed by atoms with van der Waals surface area (Å²) in [7, 11) is 1.64. The number of fused-ring (bicyclic) bond motifs is 1. The molecule has 2 amide bonds. The van der Waals surface area contributed by atoms with E-state index in [9.17, 15) is 9.59 Å². The summed E-state index contributed by atoms with van der Waals surface area (Å²) >= 11 is 0. The van der Waals surface area contributed by atoms with Gasteiger partial charge in [-0.05, 0) is 31.2 Å². The van der Waals surface area contributed by atoms with Crippen LogP contribution in [0.4, 0.5) is 0 Å². The average Bonchev–Trinajstić information content (AvgIpc) is 3.14. The summed E-state index contributed by atoms with van der Waals surface area (Å²) in [6, 6.07) is 6.41. The maximum atomic E-state index is 13.6. The molecule has 0 radical (unpaired) electrons. The molecular formula is C24H35N5O3. The number of piperidine rings is 1. The molecule has 0 spiro atoms. The number of methoxy groups -OCH3 is 1. The van der Waals surface area contributed by atoms with Crippen molar-refractivity contribution in [1.82, 2.24) is 10.2 Å². The first kappa shape index (κ1) is 23.9. The van der Waals surface area contributed by atoms with Crippen LogP contribution in [0, 0.1) is 11.3 Å². The second kappa shape index (κ2) is 9.42. The van der Waals surface area contributed by atoms with E-state index in [0.29, 0.717) is 31.4 Å². The van der Waals surface area contributed by atoms with Crippen LogP contribution in [0.3, 0.4) is 0 Å². The zero-order valence-electron chi connectivity index (χ0n) is 19.2. The summed E-state index contributed by atoms with van der Waals surface area (Å²) in [6.07, 6.45) is 2.00. The second-order valence-electron chi connectivity index (χ2n) is 9.22. The molecule has 2 heterocycles. The van der Waals surface area contributed by atoms with Crippen molar-refractivity contribution in [3.8, 4) is 0 Å². The number of amides is 2. The zero-order chi connectivity index (χ0) is 23.6. The number of amidine groups is 1. The van der Waals surface area contributed by atoms with Crippen molar-refractivity contribution in [2.24, 2.45) is 17.4 Å². The summed E-state index contributed by atoms with van der Waals surface area (Å²) < 4.78 is 5.79. The van der Waals surface area contributed by atoms with Crippen LogP contribution >= 0.6 is 0 Å². The molecule has 2 aliphatic rings. The third-order valence-corrected chi connectivity index (χ3v) is 6.75. The van der Waals surface area contributed by atoms with Gasteiger partial charge in [-0.25, -0.2) is 0 Å². The van der Waals surface area contributed by atoms with E-state index in [4.69, 9.17) is 21.6 Å². The van der Waals surface area contributed by atoms with E-state index < -0.39 is 11.6 Å². The van der Waals surface area contributed by atoms with Crippen LogP contribution < -0.4 is 16.8 Å². The number of hydrogen-bond acceptors (Lipinski definition) is 5. The summed E-state index contributed by atoms with van der Waals surface area (Å²) in [5.74, 6) is -0.214. The molecule has 5 atom stereocenters. The van der Waals surface area contributed by atoms with Crippen molar-refractivity contribution in [3.63, 3.8) is 0 Å². The topological polar surface area (TPSA) is 135 Å². The molecule has 174 valence electrons. The SMILES string of the molecule is C=C(C)C[C@]1(N)C[C@H](OC)[C@@H]2[C@H](CC)CC(C(=O)NCc3ccc(C(=N)N)cc3)N2C1=O. The fraction of sp³-hybridized carbons (Fsp3) is 0.542. The van der Waals surface area contributed by atoms with Crippen LogP contribution in [0.5, 0.6) is 0 Å². The Morgan fingerprint density at radius 3 is 2.56 bits per heavy atom. The first-order valence-corrected chi connectivity index (χ1v) is 11.1. The second-order valence-corrected chi connectivity index (χ2v) is 9.22. The highest BCUT2D eigenvalue weighted by Crippen LogP contribution is 2.43. The van der Waals surface area contributed by atoms with Gasteiger partial charge in [0.1, 0.15) is 17.4 Å². The van der Waals surface area contributed by atoms with E-state index in [1.54, 1.807) is 24.1 Å². The fourth-order valence-corrected chi connectivity index (χ4v) is 5.22. The molecule has 0 aliphatic carbocycles. The van der Waals surface area contributed by atoms with Gasteiger partial charge in [0, 0.05) is 25.6 Å². The molecule has 8 heteroatoms. The first-order valence-electron chi connectivity index (χ1n) is 11.1. The molecule has 2 fully saturated rings. The number of nitrogen functional groups attached to an aromatic ring is 1. The molecule has 1 unspecified atom stereocenters. The Labute approximate surface area is 189 Å². The summed E-state index contributed by atoms with van der Waals surface area (Å²) in [4.78, 5) is 28.5. The minimum atomic E-state index is -1.12. The Kier molecular flexibility index (Phi) is 7.05. The van der Waals surface area contributed by atoms with E-state index in [1.807, 2.05) is 19.1 Å². The van der Waals surface area contributed by atoms with Crippen LogP contribution in [0.1, 0.15) is 50.7 Å². The number of ether oxygens (including phenoxy) is 1. The summed E-state index contributed by atoms with van der Waals surface area (Å²) in [6.45, 7) is 8.20. The van der Waals surface area contributed by atoms with Gasteiger partial charge >= 0.3 is 0 Å². The van der Waals surface area contributed by atoms with Crippen molar-refractivity contribution in [2.45, 2.75) is 69.8 Å². The molecule has 2 saturated heterocycles. The van der Waals surface area contributed by atoms with Crippen LogP contribution in [0.25, 0.3) is 0 Å². The van der Waals surface area contributed by atoms with Gasteiger partial charge in [0.25, 0.3) is 0 Å². The molecule has 0 bridgehead atoms. The number of carbonyl (C=O) groups excluding carboxylic acids is 2. The van der Waals surface area contributed by atoms with Crippen molar-refractivity contribution < 1.29 is 14.3 Å². The number of carbonyl (C=O) groups is 2. The van der Waals surface area contributed by atoms with Gasteiger partial charge in [0.05, 0.1) is 12.1 Å². The van der Waals surface area contributed by atoms with Crippen LogP contribution in [-0.4, -0.2) is 53.4 Å². The Balaban J connectivity index is 1.80. The molecule has 0 aromatic heterocycles. The Morgan fingerprint density at radius 1 is 1.38 bits per heavy atom. The lowest BCUT2D eigenvalue weighted by Gasteiger charge is -2.47. The lowest BCUT2D eigenvalue weighted by atomic mass is 9.77. The highest BCUT2D eigenvalue weighted by atomic mass is 16.5. The quantitative estimate of drug-likeness (QED) is 0.276. The molecule has 6 N–H and O–H groups in total. The maximum Gasteiger partial charge on any atom is 0.244 e. The van der Waals surface area contributed by atoms with E-state index in [-0.39, 0.29) is 35.7 Å². The third-order valence-electron chi connectivity index (χ3n) is 6.75. The minimum Gasteiger partial charge on any atom is -0.384 e. The fourth-order valence-electron chi connectivity index (χ4n) is 5.22. The monoisotopic (exact) mass is 441 g/mol. The van der Waals surface area contributed by atoms with Gasteiger partial charge in [-0.2, -0.15) is 0 Å². The van der Waals surface area contributed by atoms with Crippen molar-refractivity contribution in [2.75, 3.05) is 7.11 Å². The Morgan fingerprint density at radius 2 is 2.03 bits per heavy atom. The molecule has 1 aromatic rings. The van der Waals surface area contributed by atoms with E-state index >= 15 is 0 Å². The van der Waals surface area contributed by atoms with Gasteiger partial charge in [-0.15, -0.1) is 6.58 Å². The van der Waals surface area contributed by atoms with Crippen LogP contribution in [-0.2, 0) is 20.9 Å². The van der Waals surface area contributed by atoms with E-state index in [0.717, 1.165) is 17.6 Å². The predicted octanol–water partition coefficient (Wildman–Crippen LogP) is 1.66. The normalized spacial score (nSPS) is 29.5. The minimum absolute atomic E-state index is 0.000438. The van der Waals surface area contributed by atoms with Gasteiger partial charge in [-0.1, -0.05) is 43.2 Å². The summed E-state index contributed by atoms with van der Waals surface area (Å²) in [5, 5.41) is 10.5. The first-order chi connectivity index (χ1) is 15.1. The number of nitrogens with two attached hydrogens (primary N) is 2. The maximum absolute atomic E-state index is 13.6. The number of nitrogens with zero attached hydrogens (tertiary/aromatic N) is 1. The number of rotatable bonds is 8. The Hall–Kier alpha value is -2.71. The molecule has 2 aliphatic heterocycles. The highest BCUT2D eigenvalue weighted by Gasteiger charge is 2.58. The van der Waals surface area contributed by atoms with Gasteiger partial charge in [-0.3, -0.25) is 15.0 Å². The van der Waals surface area contributed by atoms with Crippen LogP contribution in [0.15, 0.2) is 36.4 Å².